The molecule has 0 saturated heterocycles. The molecule has 0 unspecified atom stereocenters. The zero-order valence-corrected chi connectivity index (χ0v) is 16.3. The highest BCUT2D eigenvalue weighted by atomic mass is 35.5. The van der Waals surface area contributed by atoms with Crippen molar-refractivity contribution in [3.05, 3.63) is 76.6 Å². The standard InChI is InChI=1S/C22H24ClN3/c1-4-12-26(14-18-7-5-6-16(2)13-18)22-17(3)21(24-15-25-22)19-8-10-20(23)11-9-19/h5-11,13,15H,4,12,14H2,1-3H3. The van der Waals surface area contributed by atoms with Crippen LogP contribution in [0, 0.1) is 13.8 Å². The van der Waals surface area contributed by atoms with Crippen molar-refractivity contribution >= 4 is 17.4 Å². The van der Waals surface area contributed by atoms with Gasteiger partial charge in [-0.3, -0.25) is 0 Å². The summed E-state index contributed by atoms with van der Waals surface area (Å²) in [6, 6.07) is 16.5. The highest BCUT2D eigenvalue weighted by molar-refractivity contribution is 6.30. The van der Waals surface area contributed by atoms with Gasteiger partial charge in [0, 0.05) is 29.2 Å². The monoisotopic (exact) mass is 365 g/mol. The molecule has 0 fully saturated rings. The van der Waals surface area contributed by atoms with Crippen molar-refractivity contribution in [2.24, 2.45) is 0 Å². The first-order chi connectivity index (χ1) is 12.6. The quantitative estimate of drug-likeness (QED) is 0.550. The minimum absolute atomic E-state index is 0.729. The fourth-order valence-corrected chi connectivity index (χ4v) is 3.35. The van der Waals surface area contributed by atoms with Gasteiger partial charge in [-0.25, -0.2) is 9.97 Å². The third-order valence-electron chi connectivity index (χ3n) is 4.42. The number of benzene rings is 2. The Balaban J connectivity index is 1.96. The fourth-order valence-electron chi connectivity index (χ4n) is 3.22. The molecule has 134 valence electrons. The average molecular weight is 366 g/mol. The van der Waals surface area contributed by atoms with E-state index in [4.69, 9.17) is 11.6 Å². The van der Waals surface area contributed by atoms with Crippen LogP contribution in [-0.2, 0) is 6.54 Å². The van der Waals surface area contributed by atoms with Crippen LogP contribution >= 0.6 is 11.6 Å². The lowest BCUT2D eigenvalue weighted by molar-refractivity contribution is 0.749. The molecule has 1 aromatic heterocycles. The van der Waals surface area contributed by atoms with E-state index in [-0.39, 0.29) is 0 Å². The summed E-state index contributed by atoms with van der Waals surface area (Å²) < 4.78 is 0. The maximum atomic E-state index is 6.02. The second-order valence-corrected chi connectivity index (χ2v) is 7.02. The Labute approximate surface area is 160 Å². The molecule has 0 radical (unpaired) electrons. The summed E-state index contributed by atoms with van der Waals surface area (Å²) in [6.45, 7) is 8.21. The van der Waals surface area contributed by atoms with Crippen LogP contribution in [0.4, 0.5) is 5.82 Å². The van der Waals surface area contributed by atoms with E-state index in [1.54, 1.807) is 6.33 Å². The number of hydrogen-bond acceptors (Lipinski definition) is 3. The lowest BCUT2D eigenvalue weighted by Crippen LogP contribution is -2.25. The molecule has 3 nitrogen and oxygen atoms in total. The van der Waals surface area contributed by atoms with Gasteiger partial charge in [-0.05, 0) is 38.0 Å². The Morgan fingerprint density at radius 2 is 1.77 bits per heavy atom. The summed E-state index contributed by atoms with van der Waals surface area (Å²) >= 11 is 6.02. The highest BCUT2D eigenvalue weighted by Crippen LogP contribution is 2.28. The van der Waals surface area contributed by atoms with Gasteiger partial charge in [0.1, 0.15) is 12.1 Å². The molecule has 0 atom stereocenters. The molecule has 1 heterocycles. The largest absolute Gasteiger partial charge is 0.352 e. The van der Waals surface area contributed by atoms with Crippen LogP contribution < -0.4 is 4.90 Å². The van der Waals surface area contributed by atoms with E-state index in [1.165, 1.54) is 11.1 Å². The van der Waals surface area contributed by atoms with Crippen LogP contribution in [0.3, 0.4) is 0 Å². The van der Waals surface area contributed by atoms with Gasteiger partial charge in [0.25, 0.3) is 0 Å². The first kappa shape index (κ1) is 18.4. The molecule has 0 aliphatic carbocycles. The van der Waals surface area contributed by atoms with Gasteiger partial charge >= 0.3 is 0 Å². The molecule has 26 heavy (non-hydrogen) atoms. The van der Waals surface area contributed by atoms with Crippen LogP contribution in [-0.4, -0.2) is 16.5 Å². The number of nitrogens with zero attached hydrogens (tertiary/aromatic N) is 3. The van der Waals surface area contributed by atoms with E-state index in [9.17, 15) is 0 Å². The molecule has 3 rings (SSSR count). The van der Waals surface area contributed by atoms with Gasteiger partial charge in [-0.1, -0.05) is 60.5 Å². The van der Waals surface area contributed by atoms with Gasteiger partial charge in [-0.15, -0.1) is 0 Å². The van der Waals surface area contributed by atoms with Gasteiger partial charge in [0.2, 0.25) is 0 Å². The van der Waals surface area contributed by atoms with Crippen LogP contribution in [0.25, 0.3) is 11.3 Å². The smallest absolute Gasteiger partial charge is 0.135 e. The van der Waals surface area contributed by atoms with Gasteiger partial charge in [-0.2, -0.15) is 0 Å². The zero-order valence-electron chi connectivity index (χ0n) is 15.5. The third kappa shape index (κ3) is 4.23. The maximum absolute atomic E-state index is 6.02. The van der Waals surface area contributed by atoms with E-state index >= 15 is 0 Å². The first-order valence-electron chi connectivity index (χ1n) is 8.96. The number of hydrogen-bond donors (Lipinski definition) is 0. The predicted octanol–water partition coefficient (Wildman–Crippen LogP) is 5.83. The molecule has 0 N–H and O–H groups in total. The maximum Gasteiger partial charge on any atom is 0.135 e. The van der Waals surface area contributed by atoms with E-state index in [0.29, 0.717) is 0 Å². The third-order valence-corrected chi connectivity index (χ3v) is 4.68. The average Bonchev–Trinajstić information content (AvgIpc) is 2.63. The second kappa shape index (κ2) is 8.33. The van der Waals surface area contributed by atoms with Gasteiger partial charge < -0.3 is 4.90 Å². The summed E-state index contributed by atoms with van der Waals surface area (Å²) in [5.74, 6) is 0.994. The van der Waals surface area contributed by atoms with Crippen molar-refractivity contribution in [3.8, 4) is 11.3 Å². The zero-order chi connectivity index (χ0) is 18.5. The molecule has 2 aromatic carbocycles. The van der Waals surface area contributed by atoms with Crippen LogP contribution in [0.1, 0.15) is 30.0 Å². The molecule has 0 amide bonds. The minimum atomic E-state index is 0.729. The molecule has 0 bridgehead atoms. The number of aryl methyl sites for hydroxylation is 1. The summed E-state index contributed by atoms with van der Waals surface area (Å²) in [5, 5.41) is 0.729. The van der Waals surface area contributed by atoms with E-state index < -0.39 is 0 Å². The van der Waals surface area contributed by atoms with Crippen molar-refractivity contribution in [2.45, 2.75) is 33.7 Å². The number of aromatic nitrogens is 2. The van der Waals surface area contributed by atoms with Crippen LogP contribution in [0.2, 0.25) is 5.02 Å². The highest BCUT2D eigenvalue weighted by Gasteiger charge is 2.15. The Morgan fingerprint density at radius 1 is 1.00 bits per heavy atom. The van der Waals surface area contributed by atoms with Crippen LogP contribution in [0.15, 0.2) is 54.9 Å². The summed E-state index contributed by atoms with van der Waals surface area (Å²) in [4.78, 5) is 11.5. The number of anilines is 1. The molecule has 0 aliphatic rings. The van der Waals surface area contributed by atoms with Crippen molar-refractivity contribution < 1.29 is 0 Å². The SMILES string of the molecule is CCCN(Cc1cccc(C)c1)c1ncnc(-c2ccc(Cl)cc2)c1C. The molecule has 0 saturated carbocycles. The lowest BCUT2D eigenvalue weighted by atomic mass is 10.1. The minimum Gasteiger partial charge on any atom is -0.352 e. The summed E-state index contributed by atoms with van der Waals surface area (Å²) in [5.41, 5.74) is 5.68. The Kier molecular flexibility index (Phi) is 5.89. The van der Waals surface area contributed by atoms with Crippen molar-refractivity contribution in [1.82, 2.24) is 9.97 Å². The van der Waals surface area contributed by atoms with Crippen molar-refractivity contribution in [3.63, 3.8) is 0 Å². The number of halogens is 1. The van der Waals surface area contributed by atoms with Crippen molar-refractivity contribution in [1.29, 1.82) is 0 Å². The molecule has 0 spiro atoms. The first-order valence-corrected chi connectivity index (χ1v) is 9.34. The summed E-state index contributed by atoms with van der Waals surface area (Å²) in [6.07, 6.45) is 2.72. The predicted molar refractivity (Wildman–Crippen MR) is 110 cm³/mol. The Morgan fingerprint density at radius 3 is 2.46 bits per heavy atom. The normalized spacial score (nSPS) is 10.8. The van der Waals surface area contributed by atoms with E-state index in [1.807, 2.05) is 24.3 Å². The fraction of sp³-hybridized carbons (Fsp3) is 0.273. The molecule has 4 heteroatoms. The van der Waals surface area contributed by atoms with E-state index in [0.717, 1.165) is 47.2 Å². The number of rotatable bonds is 6. The van der Waals surface area contributed by atoms with Gasteiger partial charge in [0.15, 0.2) is 0 Å². The summed E-state index contributed by atoms with van der Waals surface area (Å²) in [7, 11) is 0. The lowest BCUT2D eigenvalue weighted by Gasteiger charge is -2.25. The molecular weight excluding hydrogens is 342 g/mol. The molecule has 0 aliphatic heterocycles. The molecular formula is C22H24ClN3. The van der Waals surface area contributed by atoms with E-state index in [2.05, 4.69) is 59.9 Å². The van der Waals surface area contributed by atoms with Crippen LogP contribution in [0.5, 0.6) is 0 Å². The topological polar surface area (TPSA) is 29.0 Å². The Bertz CT molecular complexity index is 875. The second-order valence-electron chi connectivity index (χ2n) is 6.59. The molecule has 3 aromatic rings. The Hall–Kier alpha value is -2.39. The van der Waals surface area contributed by atoms with Gasteiger partial charge in [0.05, 0.1) is 5.69 Å². The van der Waals surface area contributed by atoms with Crippen molar-refractivity contribution in [2.75, 3.05) is 11.4 Å².